The molecule has 0 aromatic heterocycles. The summed E-state index contributed by atoms with van der Waals surface area (Å²) in [5.74, 6) is 1.85. The molecule has 144 valence electrons. The van der Waals surface area contributed by atoms with Crippen LogP contribution in [0.2, 0.25) is 0 Å². The van der Waals surface area contributed by atoms with Gasteiger partial charge in [0.15, 0.2) is 5.78 Å². The highest BCUT2D eigenvalue weighted by atomic mass is 16.5. The van der Waals surface area contributed by atoms with Crippen LogP contribution in [0.1, 0.15) is 49.2 Å². The zero-order valence-electron chi connectivity index (χ0n) is 16.6. The number of rotatable bonds is 10. The second-order valence-electron chi connectivity index (χ2n) is 5.88. The molecule has 2 aromatic rings. The Hall–Kier alpha value is -2.75. The van der Waals surface area contributed by atoms with Crippen molar-refractivity contribution in [2.75, 3.05) is 19.8 Å². The number of ether oxygens (including phenoxy) is 3. The highest BCUT2D eigenvalue weighted by Crippen LogP contribution is 2.27. The third kappa shape index (κ3) is 5.61. The fourth-order valence-electron chi connectivity index (χ4n) is 2.73. The fraction of sp³-hybridized carbons (Fsp3) is 0.348. The highest BCUT2D eigenvalue weighted by Gasteiger charge is 2.12. The molecule has 0 amide bonds. The molecule has 0 aliphatic heterocycles. The minimum absolute atomic E-state index is 0.135. The molecule has 4 heteroatoms. The Morgan fingerprint density at radius 3 is 2.19 bits per heavy atom. The number of aryl methyl sites for hydroxylation is 1. The zero-order valence-corrected chi connectivity index (χ0v) is 16.6. The van der Waals surface area contributed by atoms with Gasteiger partial charge in [-0.25, -0.2) is 0 Å². The van der Waals surface area contributed by atoms with Gasteiger partial charge in [-0.15, -0.1) is 0 Å². The minimum Gasteiger partial charge on any atom is -0.494 e. The predicted molar refractivity (Wildman–Crippen MR) is 109 cm³/mol. The van der Waals surface area contributed by atoms with Gasteiger partial charge in [-0.3, -0.25) is 4.79 Å². The molecular weight excluding hydrogens is 340 g/mol. The van der Waals surface area contributed by atoms with Gasteiger partial charge in [0.25, 0.3) is 0 Å². The SMILES string of the molecule is CCOc1ccc(OCC)c(C(=O)C=Cc2cc(CC)ccc2OCC)c1. The Balaban J connectivity index is 2.34. The summed E-state index contributed by atoms with van der Waals surface area (Å²) < 4.78 is 16.8. The second kappa shape index (κ2) is 10.4. The van der Waals surface area contributed by atoms with Crippen LogP contribution in [0.5, 0.6) is 17.2 Å². The summed E-state index contributed by atoms with van der Waals surface area (Å²) in [6, 6.07) is 11.4. The minimum atomic E-state index is -0.135. The van der Waals surface area contributed by atoms with E-state index >= 15 is 0 Å². The molecule has 2 aromatic carbocycles. The van der Waals surface area contributed by atoms with Crippen molar-refractivity contribution in [3.8, 4) is 17.2 Å². The first kappa shape index (κ1) is 20.6. The molecule has 0 radical (unpaired) electrons. The molecule has 0 N–H and O–H groups in total. The van der Waals surface area contributed by atoms with Gasteiger partial charge in [0, 0.05) is 5.56 Å². The summed E-state index contributed by atoms with van der Waals surface area (Å²) in [5, 5.41) is 0. The van der Waals surface area contributed by atoms with Gasteiger partial charge in [0.2, 0.25) is 0 Å². The van der Waals surface area contributed by atoms with Gasteiger partial charge in [-0.2, -0.15) is 0 Å². The van der Waals surface area contributed by atoms with E-state index in [1.807, 2.05) is 39.0 Å². The Kier molecular flexibility index (Phi) is 7.93. The van der Waals surface area contributed by atoms with Crippen LogP contribution >= 0.6 is 0 Å². The van der Waals surface area contributed by atoms with Crippen LogP contribution in [0.3, 0.4) is 0 Å². The summed E-state index contributed by atoms with van der Waals surface area (Å²) in [6.07, 6.45) is 4.28. The van der Waals surface area contributed by atoms with Crippen LogP contribution in [0.4, 0.5) is 0 Å². The third-order valence-corrected chi connectivity index (χ3v) is 4.02. The first-order valence-electron chi connectivity index (χ1n) is 9.50. The molecule has 0 heterocycles. The smallest absolute Gasteiger partial charge is 0.189 e. The first-order valence-corrected chi connectivity index (χ1v) is 9.50. The van der Waals surface area contributed by atoms with Gasteiger partial charge in [-0.05, 0) is 75.2 Å². The van der Waals surface area contributed by atoms with Crippen LogP contribution in [-0.4, -0.2) is 25.6 Å². The van der Waals surface area contributed by atoms with E-state index in [2.05, 4.69) is 13.0 Å². The lowest BCUT2D eigenvalue weighted by atomic mass is 10.0. The van der Waals surface area contributed by atoms with Crippen molar-refractivity contribution in [2.24, 2.45) is 0 Å². The zero-order chi connectivity index (χ0) is 19.6. The molecule has 0 bridgehead atoms. The topological polar surface area (TPSA) is 44.8 Å². The van der Waals surface area contributed by atoms with Gasteiger partial charge in [0.1, 0.15) is 17.2 Å². The maximum atomic E-state index is 12.8. The van der Waals surface area contributed by atoms with Gasteiger partial charge in [0.05, 0.1) is 25.4 Å². The van der Waals surface area contributed by atoms with Gasteiger partial charge in [-0.1, -0.05) is 13.0 Å². The fourth-order valence-corrected chi connectivity index (χ4v) is 2.73. The van der Waals surface area contributed by atoms with Crippen molar-refractivity contribution in [1.82, 2.24) is 0 Å². The first-order chi connectivity index (χ1) is 13.1. The molecule has 0 aliphatic rings. The van der Waals surface area contributed by atoms with Crippen molar-refractivity contribution in [3.63, 3.8) is 0 Å². The Labute approximate surface area is 161 Å². The Morgan fingerprint density at radius 2 is 1.52 bits per heavy atom. The van der Waals surface area contributed by atoms with E-state index in [0.717, 1.165) is 17.7 Å². The van der Waals surface area contributed by atoms with Gasteiger partial charge >= 0.3 is 0 Å². The van der Waals surface area contributed by atoms with Crippen LogP contribution in [-0.2, 0) is 6.42 Å². The number of hydrogen-bond acceptors (Lipinski definition) is 4. The van der Waals surface area contributed by atoms with E-state index in [4.69, 9.17) is 14.2 Å². The Morgan fingerprint density at radius 1 is 0.852 bits per heavy atom. The van der Waals surface area contributed by atoms with Crippen LogP contribution in [0.15, 0.2) is 42.5 Å². The molecule has 27 heavy (non-hydrogen) atoms. The maximum Gasteiger partial charge on any atom is 0.189 e. The number of hydrogen-bond donors (Lipinski definition) is 0. The third-order valence-electron chi connectivity index (χ3n) is 4.02. The lowest BCUT2D eigenvalue weighted by Crippen LogP contribution is -2.03. The molecule has 0 atom stereocenters. The van der Waals surface area contributed by atoms with Crippen LogP contribution in [0.25, 0.3) is 6.08 Å². The monoisotopic (exact) mass is 368 g/mol. The van der Waals surface area contributed by atoms with E-state index in [9.17, 15) is 4.79 Å². The molecule has 4 nitrogen and oxygen atoms in total. The van der Waals surface area contributed by atoms with Gasteiger partial charge < -0.3 is 14.2 Å². The second-order valence-corrected chi connectivity index (χ2v) is 5.88. The quantitative estimate of drug-likeness (QED) is 0.419. The van der Waals surface area contributed by atoms with Crippen molar-refractivity contribution in [2.45, 2.75) is 34.1 Å². The lowest BCUT2D eigenvalue weighted by Gasteiger charge is -2.11. The normalized spacial score (nSPS) is 10.8. The largest absolute Gasteiger partial charge is 0.494 e. The van der Waals surface area contributed by atoms with Crippen molar-refractivity contribution in [3.05, 3.63) is 59.2 Å². The number of benzene rings is 2. The lowest BCUT2D eigenvalue weighted by molar-refractivity contribution is 0.104. The van der Waals surface area contributed by atoms with Crippen LogP contribution < -0.4 is 14.2 Å². The standard InChI is InChI=1S/C23H28O4/c1-5-17-9-13-22(26-7-3)18(15-17)10-12-21(24)20-16-19(25-6-2)11-14-23(20)27-8-4/h9-16H,5-8H2,1-4H3. The summed E-state index contributed by atoms with van der Waals surface area (Å²) in [4.78, 5) is 12.8. The van der Waals surface area contributed by atoms with E-state index in [1.165, 1.54) is 5.56 Å². The molecule has 0 unspecified atom stereocenters. The number of carbonyl (C=O) groups excluding carboxylic acids is 1. The summed E-state index contributed by atoms with van der Waals surface area (Å²) in [7, 11) is 0. The summed E-state index contributed by atoms with van der Waals surface area (Å²) >= 11 is 0. The molecule has 0 spiro atoms. The Bertz CT molecular complexity index is 793. The summed E-state index contributed by atoms with van der Waals surface area (Å²) in [6.45, 7) is 9.45. The number of ketones is 1. The van der Waals surface area contributed by atoms with Crippen molar-refractivity contribution in [1.29, 1.82) is 0 Å². The molecule has 2 rings (SSSR count). The predicted octanol–water partition coefficient (Wildman–Crippen LogP) is 5.34. The molecule has 0 fully saturated rings. The van der Waals surface area contributed by atoms with E-state index in [1.54, 1.807) is 24.3 Å². The maximum absolute atomic E-state index is 12.8. The van der Waals surface area contributed by atoms with Crippen molar-refractivity contribution < 1.29 is 19.0 Å². The molecule has 0 saturated carbocycles. The van der Waals surface area contributed by atoms with E-state index in [0.29, 0.717) is 36.9 Å². The summed E-state index contributed by atoms with van der Waals surface area (Å²) in [5.41, 5.74) is 2.58. The molecule has 0 saturated heterocycles. The highest BCUT2D eigenvalue weighted by molar-refractivity contribution is 6.09. The molecule has 0 aliphatic carbocycles. The van der Waals surface area contributed by atoms with Crippen LogP contribution in [0, 0.1) is 0 Å². The van der Waals surface area contributed by atoms with E-state index in [-0.39, 0.29) is 5.78 Å². The average Bonchev–Trinajstić information content (AvgIpc) is 2.68. The number of allylic oxidation sites excluding steroid dienone is 1. The van der Waals surface area contributed by atoms with E-state index < -0.39 is 0 Å². The van der Waals surface area contributed by atoms with Crippen molar-refractivity contribution >= 4 is 11.9 Å². The average molecular weight is 368 g/mol. The number of carbonyl (C=O) groups is 1. The molecular formula is C23H28O4.